The summed E-state index contributed by atoms with van der Waals surface area (Å²) >= 11 is 0. The largest absolute Gasteiger partial charge is 0.392 e. The Bertz CT molecular complexity index is 107. The van der Waals surface area contributed by atoms with Crippen LogP contribution in [0, 0.1) is 5.92 Å². The number of aliphatic hydroxyl groups excluding tert-OH is 1. The van der Waals surface area contributed by atoms with Crippen molar-refractivity contribution in [2.24, 2.45) is 5.92 Å². The van der Waals surface area contributed by atoms with Gasteiger partial charge in [0, 0.05) is 20.2 Å². The fourth-order valence-corrected chi connectivity index (χ4v) is 1.07. The first-order chi connectivity index (χ1) is 6.16. The van der Waals surface area contributed by atoms with E-state index in [1.54, 1.807) is 7.11 Å². The Kier molecular flexibility index (Phi) is 8.40. The molecule has 0 bridgehead atoms. The van der Waals surface area contributed by atoms with E-state index in [0.717, 1.165) is 19.4 Å². The van der Waals surface area contributed by atoms with Crippen LogP contribution in [0.2, 0.25) is 0 Å². The average molecular weight is 189 g/mol. The molecule has 0 aliphatic carbocycles. The SMILES string of the molecule is COCCNCC(O)CCC(C)C. The second-order valence-corrected chi connectivity index (χ2v) is 3.82. The maximum atomic E-state index is 9.49. The summed E-state index contributed by atoms with van der Waals surface area (Å²) < 4.78 is 4.88. The first-order valence-electron chi connectivity index (χ1n) is 5.04. The minimum Gasteiger partial charge on any atom is -0.392 e. The molecule has 2 N–H and O–H groups in total. The zero-order valence-electron chi connectivity index (χ0n) is 9.05. The van der Waals surface area contributed by atoms with Gasteiger partial charge >= 0.3 is 0 Å². The number of hydrogen-bond donors (Lipinski definition) is 2. The highest BCUT2D eigenvalue weighted by molar-refractivity contribution is 4.60. The molecule has 0 aliphatic heterocycles. The van der Waals surface area contributed by atoms with Crippen LogP contribution in [0.15, 0.2) is 0 Å². The highest BCUT2D eigenvalue weighted by Crippen LogP contribution is 2.05. The van der Waals surface area contributed by atoms with Gasteiger partial charge in [-0.05, 0) is 18.8 Å². The van der Waals surface area contributed by atoms with Gasteiger partial charge in [-0.3, -0.25) is 0 Å². The van der Waals surface area contributed by atoms with E-state index in [0.29, 0.717) is 19.1 Å². The van der Waals surface area contributed by atoms with E-state index in [1.165, 1.54) is 0 Å². The Labute approximate surface area is 81.5 Å². The molecule has 0 heterocycles. The molecule has 0 saturated heterocycles. The summed E-state index contributed by atoms with van der Waals surface area (Å²) in [5.74, 6) is 0.675. The molecule has 0 radical (unpaired) electrons. The molecule has 0 aromatic rings. The van der Waals surface area contributed by atoms with E-state index < -0.39 is 0 Å². The Morgan fingerprint density at radius 3 is 2.54 bits per heavy atom. The van der Waals surface area contributed by atoms with Crippen LogP contribution in [-0.4, -0.2) is 38.0 Å². The molecule has 0 fully saturated rings. The van der Waals surface area contributed by atoms with Crippen molar-refractivity contribution in [2.45, 2.75) is 32.8 Å². The smallest absolute Gasteiger partial charge is 0.0664 e. The predicted octanol–water partition coefficient (Wildman–Crippen LogP) is 1.02. The lowest BCUT2D eigenvalue weighted by molar-refractivity contribution is 0.146. The third-order valence-electron chi connectivity index (χ3n) is 1.94. The minimum atomic E-state index is -0.209. The molecule has 3 nitrogen and oxygen atoms in total. The van der Waals surface area contributed by atoms with Crippen LogP contribution in [0.3, 0.4) is 0 Å². The van der Waals surface area contributed by atoms with Gasteiger partial charge in [0.25, 0.3) is 0 Å². The van der Waals surface area contributed by atoms with Gasteiger partial charge < -0.3 is 15.2 Å². The number of nitrogens with one attached hydrogen (secondary N) is 1. The Morgan fingerprint density at radius 1 is 1.31 bits per heavy atom. The summed E-state index contributed by atoms with van der Waals surface area (Å²) in [5.41, 5.74) is 0. The van der Waals surface area contributed by atoms with Crippen LogP contribution in [0.5, 0.6) is 0 Å². The monoisotopic (exact) mass is 189 g/mol. The molecule has 0 saturated carbocycles. The highest BCUT2D eigenvalue weighted by Gasteiger charge is 2.04. The average Bonchev–Trinajstić information content (AvgIpc) is 2.09. The Hall–Kier alpha value is -0.120. The van der Waals surface area contributed by atoms with Gasteiger partial charge in [0.05, 0.1) is 12.7 Å². The summed E-state index contributed by atoms with van der Waals surface area (Å²) in [6, 6.07) is 0. The zero-order valence-corrected chi connectivity index (χ0v) is 9.05. The summed E-state index contributed by atoms with van der Waals surface area (Å²) in [6.07, 6.45) is 1.77. The molecule has 0 amide bonds. The highest BCUT2D eigenvalue weighted by atomic mass is 16.5. The third kappa shape index (κ3) is 9.80. The van der Waals surface area contributed by atoms with Gasteiger partial charge in [-0.25, -0.2) is 0 Å². The lowest BCUT2D eigenvalue weighted by atomic mass is 10.1. The molecule has 0 aromatic heterocycles. The summed E-state index contributed by atoms with van der Waals surface area (Å²) in [4.78, 5) is 0. The number of aliphatic hydroxyl groups is 1. The Morgan fingerprint density at radius 2 is 2.00 bits per heavy atom. The number of ether oxygens (including phenoxy) is 1. The van der Waals surface area contributed by atoms with Crippen LogP contribution in [0.4, 0.5) is 0 Å². The van der Waals surface area contributed by atoms with Gasteiger partial charge in [-0.15, -0.1) is 0 Å². The van der Waals surface area contributed by atoms with Crippen molar-refractivity contribution in [3.05, 3.63) is 0 Å². The van der Waals surface area contributed by atoms with Crippen LogP contribution in [-0.2, 0) is 4.74 Å². The van der Waals surface area contributed by atoms with E-state index in [2.05, 4.69) is 19.2 Å². The molecule has 0 rings (SSSR count). The second kappa shape index (κ2) is 8.48. The normalized spacial score (nSPS) is 13.6. The van der Waals surface area contributed by atoms with Gasteiger partial charge in [0.15, 0.2) is 0 Å². The maximum Gasteiger partial charge on any atom is 0.0664 e. The Balaban J connectivity index is 3.15. The van der Waals surface area contributed by atoms with Gasteiger partial charge in [0.2, 0.25) is 0 Å². The minimum absolute atomic E-state index is 0.209. The number of methoxy groups -OCH3 is 1. The van der Waals surface area contributed by atoms with E-state index in [4.69, 9.17) is 4.74 Å². The molecular weight excluding hydrogens is 166 g/mol. The lowest BCUT2D eigenvalue weighted by Crippen LogP contribution is -2.29. The van der Waals surface area contributed by atoms with Crippen LogP contribution in [0.1, 0.15) is 26.7 Å². The molecule has 0 aliphatic rings. The molecule has 0 aromatic carbocycles. The van der Waals surface area contributed by atoms with Crippen molar-refractivity contribution in [2.75, 3.05) is 26.8 Å². The van der Waals surface area contributed by atoms with Crippen molar-refractivity contribution in [1.29, 1.82) is 0 Å². The zero-order chi connectivity index (χ0) is 10.1. The third-order valence-corrected chi connectivity index (χ3v) is 1.94. The summed E-state index contributed by atoms with van der Waals surface area (Å²) in [6.45, 7) is 6.54. The molecule has 80 valence electrons. The van der Waals surface area contributed by atoms with Gasteiger partial charge in [0.1, 0.15) is 0 Å². The fourth-order valence-electron chi connectivity index (χ4n) is 1.07. The molecule has 1 unspecified atom stereocenters. The van der Waals surface area contributed by atoms with Crippen molar-refractivity contribution in [1.82, 2.24) is 5.32 Å². The van der Waals surface area contributed by atoms with Gasteiger partial charge in [-0.1, -0.05) is 13.8 Å². The molecule has 0 spiro atoms. The molecule has 13 heavy (non-hydrogen) atoms. The molecule has 1 atom stereocenters. The van der Waals surface area contributed by atoms with Crippen molar-refractivity contribution < 1.29 is 9.84 Å². The first-order valence-corrected chi connectivity index (χ1v) is 5.04. The van der Waals surface area contributed by atoms with E-state index in [-0.39, 0.29) is 6.10 Å². The van der Waals surface area contributed by atoms with E-state index in [1.807, 2.05) is 0 Å². The van der Waals surface area contributed by atoms with Crippen LogP contribution >= 0.6 is 0 Å². The van der Waals surface area contributed by atoms with E-state index in [9.17, 15) is 5.11 Å². The molecular formula is C10H23NO2. The maximum absolute atomic E-state index is 9.49. The predicted molar refractivity (Wildman–Crippen MR) is 54.8 cm³/mol. The van der Waals surface area contributed by atoms with Crippen LogP contribution in [0.25, 0.3) is 0 Å². The topological polar surface area (TPSA) is 41.5 Å². The quantitative estimate of drug-likeness (QED) is 0.560. The number of hydrogen-bond acceptors (Lipinski definition) is 3. The van der Waals surface area contributed by atoms with Crippen LogP contribution < -0.4 is 5.32 Å². The lowest BCUT2D eigenvalue weighted by Gasteiger charge is -2.12. The molecule has 3 heteroatoms. The number of rotatable bonds is 8. The fraction of sp³-hybridized carbons (Fsp3) is 1.00. The van der Waals surface area contributed by atoms with Crippen molar-refractivity contribution >= 4 is 0 Å². The van der Waals surface area contributed by atoms with Crippen molar-refractivity contribution in [3.8, 4) is 0 Å². The summed E-state index contributed by atoms with van der Waals surface area (Å²) in [7, 11) is 1.68. The van der Waals surface area contributed by atoms with E-state index >= 15 is 0 Å². The summed E-state index contributed by atoms with van der Waals surface area (Å²) in [5, 5.41) is 12.6. The standard InChI is InChI=1S/C10H23NO2/c1-9(2)4-5-10(12)8-11-6-7-13-3/h9-12H,4-8H2,1-3H3. The second-order valence-electron chi connectivity index (χ2n) is 3.82. The van der Waals surface area contributed by atoms with Crippen molar-refractivity contribution in [3.63, 3.8) is 0 Å². The van der Waals surface area contributed by atoms with Gasteiger partial charge in [-0.2, -0.15) is 0 Å². The first kappa shape index (κ1) is 12.9.